The first-order valence-corrected chi connectivity index (χ1v) is 16.7. The number of nitrogens with zero attached hydrogens (tertiary/aromatic N) is 1. The van der Waals surface area contributed by atoms with Crippen LogP contribution in [-0.2, 0) is 22.4 Å². The van der Waals surface area contributed by atoms with Crippen molar-refractivity contribution in [1.82, 2.24) is 10.2 Å². The highest BCUT2D eigenvalue weighted by Gasteiger charge is 2.26. The summed E-state index contributed by atoms with van der Waals surface area (Å²) in [4.78, 5) is 27.6. The van der Waals surface area contributed by atoms with E-state index in [2.05, 4.69) is 17.3 Å². The quantitative estimate of drug-likeness (QED) is 0.171. The van der Waals surface area contributed by atoms with Gasteiger partial charge in [-0.15, -0.1) is 0 Å². The molecular weight excluding hydrogens is 576 g/mol. The summed E-state index contributed by atoms with van der Waals surface area (Å²) in [6, 6.07) is 22.3. The largest absolute Gasteiger partial charge is 0.492 e. The van der Waals surface area contributed by atoms with Crippen LogP contribution in [0.5, 0.6) is 5.75 Å². The van der Waals surface area contributed by atoms with Crippen molar-refractivity contribution >= 4 is 23.0 Å². The van der Waals surface area contributed by atoms with E-state index in [9.17, 15) is 18.9 Å². The number of para-hydroxylation sites is 1. The van der Waals surface area contributed by atoms with Crippen LogP contribution in [0.15, 0.2) is 72.8 Å². The summed E-state index contributed by atoms with van der Waals surface area (Å²) in [5, 5.41) is 12.2. The number of carbonyl (C=O) groups is 2. The van der Waals surface area contributed by atoms with E-state index in [1.54, 1.807) is 6.07 Å². The first-order chi connectivity index (χ1) is 21.2. The minimum absolute atomic E-state index is 0.153. The molecule has 1 aliphatic rings. The second-order valence-corrected chi connectivity index (χ2v) is 12.9. The molecule has 0 spiro atoms. The first-order valence-electron chi connectivity index (χ1n) is 15.4. The van der Waals surface area contributed by atoms with Crippen LogP contribution >= 0.6 is 0 Å². The molecule has 9 heteroatoms. The van der Waals surface area contributed by atoms with Gasteiger partial charge in [-0.3, -0.25) is 9.69 Å². The lowest BCUT2D eigenvalue weighted by atomic mass is 9.84. The van der Waals surface area contributed by atoms with Gasteiger partial charge in [0.25, 0.3) is 5.91 Å². The van der Waals surface area contributed by atoms with E-state index in [4.69, 9.17) is 9.29 Å². The number of aryl methyl sites for hydroxylation is 1. The Labute approximate surface area is 263 Å². The number of nitrogens with one attached hydrogen (secondary N) is 1. The molecule has 3 unspecified atom stereocenters. The van der Waals surface area contributed by atoms with Crippen LogP contribution in [0, 0.1) is 12.8 Å². The molecule has 4 rings (SSSR count). The lowest BCUT2D eigenvalue weighted by molar-refractivity contribution is -0.139. The lowest BCUT2D eigenvalue weighted by Crippen LogP contribution is -2.41. The lowest BCUT2D eigenvalue weighted by Gasteiger charge is -2.33. The van der Waals surface area contributed by atoms with Crippen molar-refractivity contribution in [2.24, 2.45) is 5.92 Å². The van der Waals surface area contributed by atoms with E-state index in [-0.39, 0.29) is 18.2 Å². The maximum atomic E-state index is 13.5. The van der Waals surface area contributed by atoms with E-state index in [0.29, 0.717) is 30.2 Å². The molecule has 0 radical (unpaired) electrons. The second kappa shape index (κ2) is 16.5. The monoisotopic (exact) mass is 620 g/mol. The van der Waals surface area contributed by atoms with Crippen LogP contribution in [0.4, 0.5) is 0 Å². The van der Waals surface area contributed by atoms with E-state index in [0.717, 1.165) is 28.9 Å². The highest BCUT2D eigenvalue weighted by molar-refractivity contribution is 7.79. The summed E-state index contributed by atoms with van der Waals surface area (Å²) in [5.41, 5.74) is 3.97. The van der Waals surface area contributed by atoms with Crippen LogP contribution < -0.4 is 10.1 Å². The summed E-state index contributed by atoms with van der Waals surface area (Å²) in [6.45, 7) is 3.21. The van der Waals surface area contributed by atoms with Crippen molar-refractivity contribution < 1.29 is 28.2 Å². The Morgan fingerprint density at radius 1 is 1.00 bits per heavy atom. The molecule has 1 aliphatic carbocycles. The third kappa shape index (κ3) is 9.74. The second-order valence-electron chi connectivity index (χ2n) is 11.8. The predicted molar refractivity (Wildman–Crippen MR) is 174 cm³/mol. The maximum absolute atomic E-state index is 13.5. The number of ether oxygens (including phenoxy) is 1. The van der Waals surface area contributed by atoms with Crippen molar-refractivity contribution in [2.45, 2.75) is 70.5 Å². The van der Waals surface area contributed by atoms with Gasteiger partial charge in [0.05, 0.1) is 5.75 Å². The fourth-order valence-corrected chi connectivity index (χ4v) is 6.44. The molecule has 3 aromatic rings. The number of aliphatic carboxylic acids is 1. The summed E-state index contributed by atoms with van der Waals surface area (Å²) in [7, 11) is 2.12. The van der Waals surface area contributed by atoms with Gasteiger partial charge in [0.1, 0.15) is 18.4 Å². The Balaban J connectivity index is 1.58. The summed E-state index contributed by atoms with van der Waals surface area (Å²) >= 11 is -2.16. The number of carboxylic acid groups (broad SMARTS) is 1. The third-order valence-corrected chi connectivity index (χ3v) is 9.10. The Kier molecular flexibility index (Phi) is 12.5. The van der Waals surface area contributed by atoms with Gasteiger partial charge >= 0.3 is 5.97 Å². The molecule has 0 aromatic heterocycles. The van der Waals surface area contributed by atoms with Crippen molar-refractivity contribution in [3.8, 4) is 16.9 Å². The zero-order chi connectivity index (χ0) is 31.5. The fourth-order valence-electron chi connectivity index (χ4n) is 6.01. The number of hydrogen-bond acceptors (Lipinski definition) is 5. The molecule has 236 valence electrons. The maximum Gasteiger partial charge on any atom is 0.326 e. The molecule has 1 fully saturated rings. The molecule has 0 saturated heterocycles. The molecule has 44 heavy (non-hydrogen) atoms. The Morgan fingerprint density at radius 2 is 1.70 bits per heavy atom. The number of hydrogen-bond donors (Lipinski definition) is 3. The number of likely N-dealkylation sites (N-methyl/N-ethyl adjacent to an activating group) is 1. The zero-order valence-corrected chi connectivity index (χ0v) is 26.4. The Morgan fingerprint density at radius 3 is 2.39 bits per heavy atom. The molecule has 3 atom stereocenters. The third-order valence-electron chi connectivity index (χ3n) is 8.52. The smallest absolute Gasteiger partial charge is 0.326 e. The van der Waals surface area contributed by atoms with E-state index in [1.807, 2.05) is 73.7 Å². The molecule has 8 nitrogen and oxygen atoms in total. The van der Waals surface area contributed by atoms with Gasteiger partial charge in [-0.25, -0.2) is 9.00 Å². The van der Waals surface area contributed by atoms with Gasteiger partial charge in [0, 0.05) is 18.2 Å². The normalized spacial score (nSPS) is 15.8. The highest BCUT2D eigenvalue weighted by atomic mass is 32.2. The van der Waals surface area contributed by atoms with Crippen molar-refractivity contribution in [2.75, 3.05) is 19.4 Å². The molecule has 1 amide bonds. The molecule has 0 bridgehead atoms. The number of amides is 1. The number of benzene rings is 3. The van der Waals surface area contributed by atoms with Crippen molar-refractivity contribution in [3.05, 3.63) is 89.5 Å². The van der Waals surface area contributed by atoms with Crippen LogP contribution in [0.25, 0.3) is 11.1 Å². The summed E-state index contributed by atoms with van der Waals surface area (Å²) in [6.07, 6.45) is 7.29. The molecule has 3 N–H and O–H groups in total. The summed E-state index contributed by atoms with van der Waals surface area (Å²) < 4.78 is 26.5. The molecule has 1 saturated carbocycles. The van der Waals surface area contributed by atoms with Crippen molar-refractivity contribution in [1.29, 1.82) is 0 Å². The van der Waals surface area contributed by atoms with Gasteiger partial charge in [-0.1, -0.05) is 80.6 Å². The standard InChI is InChI=1S/C35H44N2O6S/c1-25-11-9-10-16-30(25)32-22-27(17-18-31(32)34(38)36-33(35(39)40)19-20-44(41)42)23-37(2)28(21-26-12-5-3-6-13-26)24-43-29-14-7-4-8-15-29/h4,7-11,14-18,22,26,28,33H,3,5-6,12-13,19-21,23-24H2,1-2H3,(H,36,38)(H,39,40)(H,41,42). The van der Waals surface area contributed by atoms with Crippen LogP contribution in [0.2, 0.25) is 0 Å². The topological polar surface area (TPSA) is 116 Å². The number of carboxylic acids is 1. The van der Waals surface area contributed by atoms with Crippen molar-refractivity contribution in [3.63, 3.8) is 0 Å². The van der Waals surface area contributed by atoms with Gasteiger partial charge < -0.3 is 19.7 Å². The van der Waals surface area contributed by atoms with E-state index >= 15 is 0 Å². The number of rotatable bonds is 15. The molecule has 3 aromatic carbocycles. The SMILES string of the molecule is Cc1ccccc1-c1cc(CN(C)C(COc2ccccc2)CC2CCCCC2)ccc1C(=O)NC(CCS(=O)O)C(=O)O. The highest BCUT2D eigenvalue weighted by Crippen LogP contribution is 2.31. The van der Waals surface area contributed by atoms with Gasteiger partial charge in [-0.05, 0) is 79.3 Å². The van der Waals surface area contributed by atoms with Gasteiger partial charge in [0.2, 0.25) is 0 Å². The average Bonchev–Trinajstić information content (AvgIpc) is 3.02. The summed E-state index contributed by atoms with van der Waals surface area (Å²) in [5.74, 6) is -0.499. The van der Waals surface area contributed by atoms with E-state index in [1.165, 1.54) is 32.1 Å². The molecular formula is C35H44N2O6S. The Bertz CT molecular complexity index is 1410. The minimum atomic E-state index is -2.16. The fraction of sp³-hybridized carbons (Fsp3) is 0.429. The zero-order valence-electron chi connectivity index (χ0n) is 25.6. The minimum Gasteiger partial charge on any atom is -0.492 e. The molecule has 0 heterocycles. The molecule has 0 aliphatic heterocycles. The van der Waals surface area contributed by atoms with E-state index < -0.39 is 29.0 Å². The Hall–Kier alpha value is -3.53. The van der Waals surface area contributed by atoms with Crippen LogP contribution in [0.3, 0.4) is 0 Å². The van der Waals surface area contributed by atoms with Crippen LogP contribution in [0.1, 0.15) is 66.4 Å². The van der Waals surface area contributed by atoms with Crippen LogP contribution in [-0.4, -0.2) is 62.1 Å². The predicted octanol–water partition coefficient (Wildman–Crippen LogP) is 6.31. The first kappa shape index (κ1) is 33.4. The van der Waals surface area contributed by atoms with Gasteiger partial charge in [0.15, 0.2) is 11.1 Å². The number of carbonyl (C=O) groups excluding carboxylic acids is 1. The average molecular weight is 621 g/mol. The van der Waals surface area contributed by atoms with Gasteiger partial charge in [-0.2, -0.15) is 0 Å².